The number of halogens is 1. The van der Waals surface area contributed by atoms with E-state index in [2.05, 4.69) is 51.6 Å². The monoisotopic (exact) mass is 358 g/mol. The van der Waals surface area contributed by atoms with Crippen molar-refractivity contribution in [3.8, 4) is 0 Å². The van der Waals surface area contributed by atoms with Gasteiger partial charge < -0.3 is 10.2 Å². The van der Waals surface area contributed by atoms with E-state index in [1.807, 2.05) is 23.1 Å². The molecule has 3 nitrogen and oxygen atoms in total. The summed E-state index contributed by atoms with van der Waals surface area (Å²) in [6, 6.07) is 16.6. The summed E-state index contributed by atoms with van der Waals surface area (Å²) in [6.07, 6.45) is 1.79. The number of benzene rings is 2. The Balaban J connectivity index is 1.50. The van der Waals surface area contributed by atoms with Gasteiger partial charge in [0.15, 0.2) is 0 Å². The lowest BCUT2D eigenvalue weighted by atomic mass is 10.0. The topological polar surface area (TPSA) is 32.3 Å². The molecule has 4 heteroatoms. The first-order valence-electron chi connectivity index (χ1n) is 7.56. The van der Waals surface area contributed by atoms with E-state index >= 15 is 0 Å². The predicted octanol–water partition coefficient (Wildman–Crippen LogP) is 3.76. The number of urea groups is 1. The standard InChI is InChI=1S/C18H19BrN2O/c19-17-7-5-14(6-8-17)9-11-20-18(22)21-12-10-15-3-1-2-4-16(15)13-21/h1-8H,9-13H2,(H,20,22). The van der Waals surface area contributed by atoms with Gasteiger partial charge in [-0.05, 0) is 41.7 Å². The van der Waals surface area contributed by atoms with E-state index in [0.717, 1.165) is 23.9 Å². The molecular weight excluding hydrogens is 340 g/mol. The van der Waals surface area contributed by atoms with E-state index in [9.17, 15) is 4.79 Å². The molecule has 2 amide bonds. The van der Waals surface area contributed by atoms with E-state index < -0.39 is 0 Å². The molecule has 0 unspecified atom stereocenters. The molecule has 22 heavy (non-hydrogen) atoms. The number of rotatable bonds is 3. The Bertz CT molecular complexity index is 654. The average Bonchev–Trinajstić information content (AvgIpc) is 2.56. The lowest BCUT2D eigenvalue weighted by molar-refractivity contribution is 0.192. The maximum absolute atomic E-state index is 12.3. The first-order valence-corrected chi connectivity index (χ1v) is 8.36. The van der Waals surface area contributed by atoms with Crippen molar-refractivity contribution in [2.75, 3.05) is 13.1 Å². The van der Waals surface area contributed by atoms with E-state index in [4.69, 9.17) is 0 Å². The Morgan fingerprint density at radius 3 is 2.59 bits per heavy atom. The minimum Gasteiger partial charge on any atom is -0.338 e. The van der Waals surface area contributed by atoms with Crippen LogP contribution in [0.3, 0.4) is 0 Å². The summed E-state index contributed by atoms with van der Waals surface area (Å²) in [5.41, 5.74) is 3.85. The van der Waals surface area contributed by atoms with Gasteiger partial charge in [0.25, 0.3) is 0 Å². The normalized spacial score (nSPS) is 13.6. The second-order valence-electron chi connectivity index (χ2n) is 5.55. The molecule has 0 atom stereocenters. The van der Waals surface area contributed by atoms with Gasteiger partial charge in [0.05, 0.1) is 0 Å². The fourth-order valence-corrected chi connectivity index (χ4v) is 3.01. The summed E-state index contributed by atoms with van der Waals surface area (Å²) in [6.45, 7) is 2.17. The van der Waals surface area contributed by atoms with E-state index in [1.54, 1.807) is 0 Å². The van der Waals surface area contributed by atoms with Gasteiger partial charge in [-0.25, -0.2) is 4.79 Å². The molecule has 2 aromatic carbocycles. The largest absolute Gasteiger partial charge is 0.338 e. The highest BCUT2D eigenvalue weighted by molar-refractivity contribution is 9.10. The summed E-state index contributed by atoms with van der Waals surface area (Å²) >= 11 is 3.43. The van der Waals surface area contributed by atoms with Crippen molar-refractivity contribution in [2.45, 2.75) is 19.4 Å². The number of carbonyl (C=O) groups excluding carboxylic acids is 1. The van der Waals surface area contributed by atoms with Crippen molar-refractivity contribution in [3.63, 3.8) is 0 Å². The molecule has 2 aromatic rings. The fraction of sp³-hybridized carbons (Fsp3) is 0.278. The van der Waals surface area contributed by atoms with Gasteiger partial charge in [0, 0.05) is 24.1 Å². The quantitative estimate of drug-likeness (QED) is 0.889. The maximum Gasteiger partial charge on any atom is 0.317 e. The highest BCUT2D eigenvalue weighted by atomic mass is 79.9. The van der Waals surface area contributed by atoms with Crippen LogP contribution < -0.4 is 5.32 Å². The van der Waals surface area contributed by atoms with Crippen LogP contribution in [-0.4, -0.2) is 24.0 Å². The maximum atomic E-state index is 12.3. The molecule has 0 spiro atoms. The van der Waals surface area contributed by atoms with E-state index in [-0.39, 0.29) is 6.03 Å². The molecule has 0 radical (unpaired) electrons. The first kappa shape index (κ1) is 15.1. The third-order valence-corrected chi connectivity index (χ3v) is 4.55. The van der Waals surface area contributed by atoms with Crippen molar-refractivity contribution < 1.29 is 4.79 Å². The second kappa shape index (κ2) is 6.97. The molecule has 0 aromatic heterocycles. The van der Waals surface area contributed by atoms with Crippen LogP contribution in [0.15, 0.2) is 53.0 Å². The summed E-state index contributed by atoms with van der Waals surface area (Å²) < 4.78 is 1.08. The number of amides is 2. The SMILES string of the molecule is O=C(NCCc1ccc(Br)cc1)N1CCc2ccccc2C1. The Kier molecular flexibility index (Phi) is 4.78. The van der Waals surface area contributed by atoms with Crippen molar-refractivity contribution in [1.82, 2.24) is 10.2 Å². The number of carbonyl (C=O) groups is 1. The zero-order valence-corrected chi connectivity index (χ0v) is 14.0. The molecule has 0 fully saturated rings. The van der Waals surface area contributed by atoms with Gasteiger partial charge in [-0.1, -0.05) is 52.3 Å². The summed E-state index contributed by atoms with van der Waals surface area (Å²) in [5, 5.41) is 3.02. The van der Waals surface area contributed by atoms with Crippen LogP contribution in [0, 0.1) is 0 Å². The van der Waals surface area contributed by atoms with E-state index in [0.29, 0.717) is 13.1 Å². The number of fused-ring (bicyclic) bond motifs is 1. The summed E-state index contributed by atoms with van der Waals surface area (Å²) in [7, 11) is 0. The van der Waals surface area contributed by atoms with Gasteiger partial charge in [-0.15, -0.1) is 0 Å². The molecule has 1 N–H and O–H groups in total. The molecule has 1 aliphatic rings. The fourth-order valence-electron chi connectivity index (χ4n) is 2.75. The van der Waals surface area contributed by atoms with Crippen LogP contribution in [0.5, 0.6) is 0 Å². The molecule has 114 valence electrons. The van der Waals surface area contributed by atoms with Crippen LogP contribution in [-0.2, 0) is 19.4 Å². The van der Waals surface area contributed by atoms with Crippen LogP contribution >= 0.6 is 15.9 Å². The molecule has 0 aliphatic carbocycles. The average molecular weight is 359 g/mol. The first-order chi connectivity index (χ1) is 10.7. The third kappa shape index (κ3) is 3.69. The summed E-state index contributed by atoms with van der Waals surface area (Å²) in [4.78, 5) is 14.2. The molecule has 1 heterocycles. The second-order valence-corrected chi connectivity index (χ2v) is 6.46. The van der Waals surface area contributed by atoms with Gasteiger partial charge in [-0.3, -0.25) is 0 Å². The zero-order valence-electron chi connectivity index (χ0n) is 12.4. The van der Waals surface area contributed by atoms with Crippen molar-refractivity contribution in [2.24, 2.45) is 0 Å². The van der Waals surface area contributed by atoms with Gasteiger partial charge in [0.2, 0.25) is 0 Å². The Labute approximate surface area is 139 Å². The number of nitrogens with one attached hydrogen (secondary N) is 1. The molecule has 0 saturated carbocycles. The van der Waals surface area contributed by atoms with Crippen LogP contribution in [0.1, 0.15) is 16.7 Å². The molecule has 1 aliphatic heterocycles. The number of nitrogens with zero attached hydrogens (tertiary/aromatic N) is 1. The van der Waals surface area contributed by atoms with E-state index in [1.165, 1.54) is 16.7 Å². The Hall–Kier alpha value is -1.81. The lowest BCUT2D eigenvalue weighted by Gasteiger charge is -2.29. The van der Waals surface area contributed by atoms with Gasteiger partial charge >= 0.3 is 6.03 Å². The molecule has 0 saturated heterocycles. The number of hydrogen-bond donors (Lipinski definition) is 1. The van der Waals surface area contributed by atoms with Crippen molar-refractivity contribution in [1.29, 1.82) is 0 Å². The highest BCUT2D eigenvalue weighted by Crippen LogP contribution is 2.18. The Morgan fingerprint density at radius 2 is 1.82 bits per heavy atom. The smallest absolute Gasteiger partial charge is 0.317 e. The van der Waals surface area contributed by atoms with Crippen LogP contribution in [0.4, 0.5) is 4.79 Å². The molecule has 0 bridgehead atoms. The van der Waals surface area contributed by atoms with Crippen molar-refractivity contribution >= 4 is 22.0 Å². The predicted molar refractivity (Wildman–Crippen MR) is 91.8 cm³/mol. The zero-order chi connectivity index (χ0) is 15.4. The minimum atomic E-state index is 0.0339. The highest BCUT2D eigenvalue weighted by Gasteiger charge is 2.19. The molecule has 3 rings (SSSR count). The van der Waals surface area contributed by atoms with Crippen molar-refractivity contribution in [3.05, 3.63) is 69.7 Å². The minimum absolute atomic E-state index is 0.0339. The third-order valence-electron chi connectivity index (χ3n) is 4.02. The Morgan fingerprint density at radius 1 is 1.09 bits per heavy atom. The molecular formula is C18H19BrN2O. The number of hydrogen-bond acceptors (Lipinski definition) is 1. The lowest BCUT2D eigenvalue weighted by Crippen LogP contribution is -2.43. The van der Waals surface area contributed by atoms with Crippen LogP contribution in [0.2, 0.25) is 0 Å². The van der Waals surface area contributed by atoms with Gasteiger partial charge in [0.1, 0.15) is 0 Å². The van der Waals surface area contributed by atoms with Crippen LogP contribution in [0.25, 0.3) is 0 Å². The van der Waals surface area contributed by atoms with Gasteiger partial charge in [-0.2, -0.15) is 0 Å². The summed E-state index contributed by atoms with van der Waals surface area (Å²) in [5.74, 6) is 0.